The molecule has 2 aromatic heterocycles. The molecule has 4 nitrogen and oxygen atoms in total. The van der Waals surface area contributed by atoms with Crippen LogP contribution in [0.1, 0.15) is 0 Å². The minimum Gasteiger partial charge on any atom is -0.278 e. The van der Waals surface area contributed by atoms with Crippen LogP contribution in [0.25, 0.3) is 65.6 Å². The monoisotopic (exact) mass is 606 g/mol. The van der Waals surface area contributed by atoms with Gasteiger partial charge in [-0.2, -0.15) is 9.97 Å². The molecule has 0 unspecified atom stereocenters. The van der Waals surface area contributed by atoms with E-state index in [9.17, 15) is 0 Å². The fourth-order valence-electron chi connectivity index (χ4n) is 6.35. The molecule has 0 saturated carbocycles. The molecule has 0 radical (unpaired) electrons. The van der Waals surface area contributed by atoms with Crippen molar-refractivity contribution in [3.63, 3.8) is 0 Å². The predicted molar refractivity (Wildman–Crippen MR) is 191 cm³/mol. The maximum absolute atomic E-state index is 5.19. The highest BCUT2D eigenvalue weighted by molar-refractivity contribution is 7.23. The highest BCUT2D eigenvalue weighted by Gasteiger charge is 2.31. The molecule has 9 rings (SSSR count). The molecule has 6 aromatic carbocycles. The molecule has 1 aliphatic heterocycles. The molecule has 1 aliphatic rings. The van der Waals surface area contributed by atoms with Gasteiger partial charge in [0.25, 0.3) is 0 Å². The molecule has 5 heteroatoms. The van der Waals surface area contributed by atoms with E-state index >= 15 is 0 Å². The Morgan fingerprint density at radius 1 is 0.435 bits per heavy atom. The summed E-state index contributed by atoms with van der Waals surface area (Å²) < 4.78 is 1.27. The quantitative estimate of drug-likeness (QED) is 0.200. The number of thiophene rings is 1. The molecule has 3 heterocycles. The molecule has 0 saturated heterocycles. The van der Waals surface area contributed by atoms with Crippen LogP contribution >= 0.6 is 11.3 Å². The van der Waals surface area contributed by atoms with Crippen LogP contribution in [0.3, 0.4) is 0 Å². The van der Waals surface area contributed by atoms with Crippen LogP contribution in [0.15, 0.2) is 158 Å². The summed E-state index contributed by atoms with van der Waals surface area (Å²) in [6, 6.07) is 55.0. The van der Waals surface area contributed by atoms with Crippen molar-refractivity contribution >= 4 is 38.7 Å². The lowest BCUT2D eigenvalue weighted by Gasteiger charge is -2.26. The average molecular weight is 607 g/mol. The minimum atomic E-state index is 0.577. The first-order valence-electron chi connectivity index (χ1n) is 15.3. The number of fused-ring (bicyclic) bond motifs is 7. The normalized spacial score (nSPS) is 11.9. The molecule has 0 amide bonds. The Hall–Kier alpha value is -5.91. The van der Waals surface area contributed by atoms with Crippen molar-refractivity contribution in [1.82, 2.24) is 15.0 Å². The SMILES string of the molecule is c1ccc(-c2ccc3c(c2)-c2c(sc4ccccc24)-c2ccccc2N3c2nc(-c3ccccc3)nc(-c3ccccc3)n2)cc1. The zero-order chi connectivity index (χ0) is 30.5. The van der Waals surface area contributed by atoms with Crippen molar-refractivity contribution in [3.8, 4) is 55.5 Å². The molecule has 0 bridgehead atoms. The lowest BCUT2D eigenvalue weighted by atomic mass is 9.95. The third-order valence-corrected chi connectivity index (χ3v) is 9.69. The number of hydrogen-bond donors (Lipinski definition) is 0. The summed E-state index contributed by atoms with van der Waals surface area (Å²) in [5.74, 6) is 1.84. The van der Waals surface area contributed by atoms with E-state index in [4.69, 9.17) is 15.0 Å². The summed E-state index contributed by atoms with van der Waals surface area (Å²) in [6.07, 6.45) is 0. The number of aromatic nitrogens is 3. The van der Waals surface area contributed by atoms with E-state index in [1.807, 2.05) is 72.0 Å². The Bertz CT molecular complexity index is 2310. The Kier molecular flexibility index (Phi) is 6.28. The molecule has 216 valence electrons. The molecule has 0 atom stereocenters. The zero-order valence-electron chi connectivity index (χ0n) is 24.7. The average Bonchev–Trinajstić information content (AvgIpc) is 3.47. The van der Waals surface area contributed by atoms with Gasteiger partial charge in [0, 0.05) is 42.8 Å². The maximum Gasteiger partial charge on any atom is 0.238 e. The highest BCUT2D eigenvalue weighted by atomic mass is 32.1. The van der Waals surface area contributed by atoms with Crippen LogP contribution < -0.4 is 4.90 Å². The summed E-state index contributed by atoms with van der Waals surface area (Å²) in [5, 5.41) is 1.25. The highest BCUT2D eigenvalue weighted by Crippen LogP contribution is 2.55. The van der Waals surface area contributed by atoms with Gasteiger partial charge in [0.2, 0.25) is 5.95 Å². The summed E-state index contributed by atoms with van der Waals surface area (Å²) in [4.78, 5) is 18.8. The summed E-state index contributed by atoms with van der Waals surface area (Å²) >= 11 is 1.84. The van der Waals surface area contributed by atoms with Crippen molar-refractivity contribution < 1.29 is 0 Å². The van der Waals surface area contributed by atoms with Gasteiger partial charge in [0.05, 0.1) is 11.4 Å². The minimum absolute atomic E-state index is 0.577. The van der Waals surface area contributed by atoms with Crippen molar-refractivity contribution in [2.45, 2.75) is 0 Å². The molecule has 0 aliphatic carbocycles. The number of anilines is 3. The van der Waals surface area contributed by atoms with Crippen molar-refractivity contribution in [2.24, 2.45) is 0 Å². The number of nitrogens with zero attached hydrogens (tertiary/aromatic N) is 4. The van der Waals surface area contributed by atoms with Gasteiger partial charge in [-0.15, -0.1) is 11.3 Å². The smallest absolute Gasteiger partial charge is 0.238 e. The largest absolute Gasteiger partial charge is 0.278 e. The van der Waals surface area contributed by atoms with Gasteiger partial charge in [-0.25, -0.2) is 4.98 Å². The van der Waals surface area contributed by atoms with Gasteiger partial charge >= 0.3 is 0 Å². The summed E-state index contributed by atoms with van der Waals surface area (Å²) in [5.41, 5.74) is 9.82. The number of benzene rings is 6. The van der Waals surface area contributed by atoms with Gasteiger partial charge in [-0.05, 0) is 35.4 Å². The van der Waals surface area contributed by atoms with E-state index in [1.54, 1.807) is 0 Å². The third kappa shape index (κ3) is 4.40. The maximum atomic E-state index is 5.19. The number of hydrogen-bond acceptors (Lipinski definition) is 5. The molecule has 0 fully saturated rings. The second-order valence-corrected chi connectivity index (χ2v) is 12.3. The van der Waals surface area contributed by atoms with Crippen molar-refractivity contribution in [3.05, 3.63) is 158 Å². The molecule has 8 aromatic rings. The summed E-state index contributed by atoms with van der Waals surface area (Å²) in [6.45, 7) is 0. The molecular weight excluding hydrogens is 581 g/mol. The van der Waals surface area contributed by atoms with Crippen molar-refractivity contribution in [2.75, 3.05) is 4.90 Å². The Morgan fingerprint density at radius 3 is 1.70 bits per heavy atom. The zero-order valence-corrected chi connectivity index (χ0v) is 25.5. The van der Waals surface area contributed by atoms with Crippen LogP contribution in [0.5, 0.6) is 0 Å². The van der Waals surface area contributed by atoms with Crippen molar-refractivity contribution in [1.29, 1.82) is 0 Å². The topological polar surface area (TPSA) is 41.9 Å². The fraction of sp³-hybridized carbons (Fsp3) is 0. The predicted octanol–water partition coefficient (Wildman–Crippen LogP) is 11.2. The Balaban J connectivity index is 1.37. The first kappa shape index (κ1) is 26.5. The van der Waals surface area contributed by atoms with E-state index in [-0.39, 0.29) is 0 Å². The van der Waals surface area contributed by atoms with E-state index in [2.05, 4.69) is 102 Å². The van der Waals surface area contributed by atoms with Gasteiger partial charge in [-0.1, -0.05) is 133 Å². The van der Waals surface area contributed by atoms with Crippen LogP contribution in [0.2, 0.25) is 0 Å². The molecule has 0 spiro atoms. The lowest BCUT2D eigenvalue weighted by Crippen LogP contribution is -2.16. The van der Waals surface area contributed by atoms with Gasteiger partial charge in [0.15, 0.2) is 11.6 Å². The van der Waals surface area contributed by atoms with Gasteiger partial charge in [0.1, 0.15) is 0 Å². The lowest BCUT2D eigenvalue weighted by molar-refractivity contribution is 1.02. The molecule has 0 N–H and O–H groups in total. The standard InChI is InChI=1S/C41H26N4S/c1-4-14-27(15-5-1)30-24-25-35-33(26-30)37-32-21-11-13-23-36(32)46-38(37)31-20-10-12-22-34(31)45(35)41-43-39(28-16-6-2-7-17-28)42-40(44-41)29-18-8-3-9-19-29/h1-26H. The van der Waals surface area contributed by atoms with Crippen LogP contribution in [-0.4, -0.2) is 15.0 Å². The van der Waals surface area contributed by atoms with Crippen LogP contribution in [0, 0.1) is 0 Å². The second kappa shape index (κ2) is 10.9. The molecular formula is C41H26N4S. The van der Waals surface area contributed by atoms with Crippen LogP contribution in [0.4, 0.5) is 17.3 Å². The van der Waals surface area contributed by atoms with E-state index in [0.29, 0.717) is 17.6 Å². The van der Waals surface area contributed by atoms with Gasteiger partial charge < -0.3 is 0 Å². The van der Waals surface area contributed by atoms with E-state index in [0.717, 1.165) is 39.2 Å². The Morgan fingerprint density at radius 2 is 1.00 bits per heavy atom. The van der Waals surface area contributed by atoms with E-state index < -0.39 is 0 Å². The number of para-hydroxylation sites is 1. The first-order chi connectivity index (χ1) is 22.8. The van der Waals surface area contributed by atoms with Gasteiger partial charge in [-0.3, -0.25) is 4.90 Å². The number of rotatable bonds is 4. The summed E-state index contributed by atoms with van der Waals surface area (Å²) in [7, 11) is 0. The molecule has 46 heavy (non-hydrogen) atoms. The van der Waals surface area contributed by atoms with E-state index in [1.165, 1.54) is 26.1 Å². The van der Waals surface area contributed by atoms with Crippen LogP contribution in [-0.2, 0) is 0 Å². The fourth-order valence-corrected chi connectivity index (χ4v) is 7.60. The third-order valence-electron chi connectivity index (χ3n) is 8.49. The second-order valence-electron chi connectivity index (χ2n) is 11.3. The Labute approximate surface area is 271 Å². The first-order valence-corrected chi connectivity index (χ1v) is 16.1.